The molecule has 1 saturated heterocycles. The van der Waals surface area contributed by atoms with Crippen molar-refractivity contribution in [1.82, 2.24) is 4.90 Å². The number of β-amino-alcohol motifs (C(OH)–C–C–N with tert-alkyl or cyclic N) is 1. The molecule has 0 radical (unpaired) electrons. The number of rotatable bonds is 4. The highest BCUT2D eigenvalue weighted by Crippen LogP contribution is 2.29. The van der Waals surface area contributed by atoms with Gasteiger partial charge in [-0.25, -0.2) is 0 Å². The van der Waals surface area contributed by atoms with Gasteiger partial charge in [0.15, 0.2) is 0 Å². The van der Waals surface area contributed by atoms with E-state index >= 15 is 0 Å². The maximum absolute atomic E-state index is 12.0. The number of hydrogen-bond acceptors (Lipinski definition) is 2. The average molecular weight is 296 g/mol. The van der Waals surface area contributed by atoms with E-state index in [9.17, 15) is 9.90 Å². The SMILES string of the molecule is Cc1ccc(CCC(=O)N2CC(O)(C(C)C)C2)cc1Cl. The van der Waals surface area contributed by atoms with Gasteiger partial charge in [-0.05, 0) is 36.5 Å². The molecule has 1 aromatic rings. The molecule has 1 N–H and O–H groups in total. The van der Waals surface area contributed by atoms with Gasteiger partial charge in [0.1, 0.15) is 5.60 Å². The molecule has 4 heteroatoms. The van der Waals surface area contributed by atoms with Crippen LogP contribution in [0.1, 0.15) is 31.4 Å². The van der Waals surface area contributed by atoms with Crippen LogP contribution >= 0.6 is 11.6 Å². The van der Waals surface area contributed by atoms with Gasteiger partial charge in [-0.1, -0.05) is 37.6 Å². The highest BCUT2D eigenvalue weighted by molar-refractivity contribution is 6.31. The predicted octanol–water partition coefficient (Wildman–Crippen LogP) is 2.81. The molecule has 20 heavy (non-hydrogen) atoms. The fourth-order valence-corrected chi connectivity index (χ4v) is 2.56. The third-order valence-electron chi connectivity index (χ3n) is 4.22. The fourth-order valence-electron chi connectivity index (χ4n) is 2.36. The third kappa shape index (κ3) is 3.15. The van der Waals surface area contributed by atoms with E-state index in [2.05, 4.69) is 0 Å². The van der Waals surface area contributed by atoms with Crippen LogP contribution in [0.2, 0.25) is 5.02 Å². The highest BCUT2D eigenvalue weighted by atomic mass is 35.5. The lowest BCUT2D eigenvalue weighted by Gasteiger charge is -2.49. The van der Waals surface area contributed by atoms with E-state index < -0.39 is 5.60 Å². The van der Waals surface area contributed by atoms with E-state index in [1.807, 2.05) is 39.0 Å². The molecule has 0 bridgehead atoms. The fraction of sp³-hybridized carbons (Fsp3) is 0.562. The van der Waals surface area contributed by atoms with Crippen LogP contribution in [0.25, 0.3) is 0 Å². The van der Waals surface area contributed by atoms with Crippen LogP contribution in [0.4, 0.5) is 0 Å². The Kier molecular flexibility index (Phi) is 4.40. The summed E-state index contributed by atoms with van der Waals surface area (Å²) in [6.45, 7) is 6.84. The summed E-state index contributed by atoms with van der Waals surface area (Å²) in [5.74, 6) is 0.287. The summed E-state index contributed by atoms with van der Waals surface area (Å²) in [6, 6.07) is 5.91. The molecule has 1 heterocycles. The van der Waals surface area contributed by atoms with Crippen molar-refractivity contribution < 1.29 is 9.90 Å². The second kappa shape index (κ2) is 5.74. The Balaban J connectivity index is 1.83. The van der Waals surface area contributed by atoms with Crippen LogP contribution in [0, 0.1) is 12.8 Å². The molecular formula is C16H22ClNO2. The minimum Gasteiger partial charge on any atom is -0.386 e. The quantitative estimate of drug-likeness (QED) is 0.928. The summed E-state index contributed by atoms with van der Waals surface area (Å²) < 4.78 is 0. The molecule has 0 aromatic heterocycles. The molecule has 1 aliphatic rings. The Morgan fingerprint density at radius 1 is 1.45 bits per heavy atom. The second-order valence-electron chi connectivity index (χ2n) is 6.09. The number of aliphatic hydroxyl groups is 1. The molecule has 0 unspecified atom stereocenters. The largest absolute Gasteiger partial charge is 0.386 e. The van der Waals surface area contributed by atoms with Gasteiger partial charge in [0.25, 0.3) is 0 Å². The number of nitrogens with zero attached hydrogens (tertiary/aromatic N) is 1. The molecular weight excluding hydrogens is 274 g/mol. The number of amides is 1. The van der Waals surface area contributed by atoms with E-state index in [1.165, 1.54) is 0 Å². The molecule has 0 spiro atoms. The van der Waals surface area contributed by atoms with Gasteiger partial charge in [-0.2, -0.15) is 0 Å². The number of carbonyl (C=O) groups excluding carboxylic acids is 1. The van der Waals surface area contributed by atoms with Gasteiger partial charge < -0.3 is 10.0 Å². The van der Waals surface area contributed by atoms with Crippen LogP contribution < -0.4 is 0 Å². The lowest BCUT2D eigenvalue weighted by molar-refractivity contribution is -0.163. The monoisotopic (exact) mass is 295 g/mol. The van der Waals surface area contributed by atoms with Crippen molar-refractivity contribution in [2.75, 3.05) is 13.1 Å². The van der Waals surface area contributed by atoms with Crippen LogP contribution in [-0.4, -0.2) is 34.6 Å². The number of hydrogen-bond donors (Lipinski definition) is 1. The van der Waals surface area contributed by atoms with Crippen molar-refractivity contribution in [2.24, 2.45) is 5.92 Å². The van der Waals surface area contributed by atoms with Gasteiger partial charge in [-0.15, -0.1) is 0 Å². The molecule has 1 aliphatic heterocycles. The van der Waals surface area contributed by atoms with Crippen molar-refractivity contribution in [3.8, 4) is 0 Å². The summed E-state index contributed by atoms with van der Waals surface area (Å²) in [7, 11) is 0. The van der Waals surface area contributed by atoms with E-state index in [-0.39, 0.29) is 11.8 Å². The molecule has 0 atom stereocenters. The van der Waals surface area contributed by atoms with Crippen molar-refractivity contribution in [1.29, 1.82) is 0 Å². The molecule has 0 aliphatic carbocycles. The second-order valence-corrected chi connectivity index (χ2v) is 6.50. The summed E-state index contributed by atoms with van der Waals surface area (Å²) in [5, 5.41) is 10.9. The summed E-state index contributed by atoms with van der Waals surface area (Å²) in [4.78, 5) is 13.8. The van der Waals surface area contributed by atoms with Crippen molar-refractivity contribution in [2.45, 2.75) is 39.2 Å². The Labute approximate surface area is 125 Å². The number of benzene rings is 1. The Morgan fingerprint density at radius 2 is 2.10 bits per heavy atom. The first-order valence-electron chi connectivity index (χ1n) is 7.07. The maximum atomic E-state index is 12.0. The lowest BCUT2D eigenvalue weighted by atomic mass is 9.83. The Hall–Kier alpha value is -1.06. The number of likely N-dealkylation sites (tertiary alicyclic amines) is 1. The van der Waals surface area contributed by atoms with E-state index in [0.29, 0.717) is 25.9 Å². The first kappa shape index (κ1) is 15.3. The maximum Gasteiger partial charge on any atom is 0.223 e. The Morgan fingerprint density at radius 3 is 2.65 bits per heavy atom. The minimum absolute atomic E-state index is 0.104. The van der Waals surface area contributed by atoms with Crippen molar-refractivity contribution in [3.05, 3.63) is 34.3 Å². The molecule has 2 rings (SSSR count). The topological polar surface area (TPSA) is 40.5 Å². The average Bonchev–Trinajstić information content (AvgIpc) is 2.35. The predicted molar refractivity (Wildman–Crippen MR) is 80.9 cm³/mol. The molecule has 3 nitrogen and oxygen atoms in total. The van der Waals surface area contributed by atoms with E-state index in [0.717, 1.165) is 16.1 Å². The zero-order valence-corrected chi connectivity index (χ0v) is 13.1. The van der Waals surface area contributed by atoms with Crippen LogP contribution in [0.5, 0.6) is 0 Å². The number of aryl methyl sites for hydroxylation is 2. The molecule has 110 valence electrons. The zero-order chi connectivity index (χ0) is 14.9. The van der Waals surface area contributed by atoms with Gasteiger partial charge in [0, 0.05) is 11.4 Å². The Bertz CT molecular complexity index is 507. The zero-order valence-electron chi connectivity index (χ0n) is 12.3. The minimum atomic E-state index is -0.692. The molecule has 1 fully saturated rings. The lowest BCUT2D eigenvalue weighted by Crippen LogP contribution is -2.65. The highest BCUT2D eigenvalue weighted by Gasteiger charge is 2.45. The molecule has 0 saturated carbocycles. The van der Waals surface area contributed by atoms with Gasteiger partial charge >= 0.3 is 0 Å². The normalized spacial score (nSPS) is 17.2. The van der Waals surface area contributed by atoms with E-state index in [1.54, 1.807) is 4.90 Å². The third-order valence-corrected chi connectivity index (χ3v) is 4.63. The molecule has 1 aromatic carbocycles. The summed E-state index contributed by atoms with van der Waals surface area (Å²) >= 11 is 6.07. The van der Waals surface area contributed by atoms with Gasteiger partial charge in [0.05, 0.1) is 13.1 Å². The molecule has 1 amide bonds. The van der Waals surface area contributed by atoms with Crippen LogP contribution in [-0.2, 0) is 11.2 Å². The van der Waals surface area contributed by atoms with Crippen LogP contribution in [0.3, 0.4) is 0 Å². The summed E-state index contributed by atoms with van der Waals surface area (Å²) in [5.41, 5.74) is 1.43. The van der Waals surface area contributed by atoms with Crippen molar-refractivity contribution >= 4 is 17.5 Å². The number of carbonyl (C=O) groups is 1. The van der Waals surface area contributed by atoms with Crippen molar-refractivity contribution in [3.63, 3.8) is 0 Å². The summed E-state index contributed by atoms with van der Waals surface area (Å²) in [6.07, 6.45) is 1.16. The van der Waals surface area contributed by atoms with E-state index in [4.69, 9.17) is 11.6 Å². The first-order chi connectivity index (χ1) is 9.32. The standard InChI is InChI=1S/C16H22ClNO2/c1-11(2)16(20)9-18(10-16)15(19)7-6-13-5-4-12(3)14(17)8-13/h4-5,8,11,20H,6-7,9-10H2,1-3H3. The number of halogens is 1. The van der Waals surface area contributed by atoms with Gasteiger partial charge in [-0.3, -0.25) is 4.79 Å². The van der Waals surface area contributed by atoms with Crippen LogP contribution in [0.15, 0.2) is 18.2 Å². The first-order valence-corrected chi connectivity index (χ1v) is 7.45. The van der Waals surface area contributed by atoms with Gasteiger partial charge in [0.2, 0.25) is 5.91 Å². The smallest absolute Gasteiger partial charge is 0.223 e.